The van der Waals surface area contributed by atoms with E-state index in [4.69, 9.17) is 17.0 Å². The minimum absolute atomic E-state index is 0.179. The molecule has 25 heavy (non-hydrogen) atoms. The molecule has 0 aliphatic rings. The molecule has 2 rings (SSSR count). The van der Waals surface area contributed by atoms with Crippen LogP contribution in [0.15, 0.2) is 48.5 Å². The standard InChI is InChI=1S/C20H26N2OS2/c1-15(2)23-19-10-8-18(9-11-19)22-20(24)21-12-13-25-14-17-7-5-4-6-16(17)3/h4-11,15H,12-14H2,1-3H3,(H2,21,22,24). The highest BCUT2D eigenvalue weighted by Gasteiger charge is 2.01. The van der Waals surface area contributed by atoms with Crippen molar-refractivity contribution in [3.05, 3.63) is 59.7 Å². The van der Waals surface area contributed by atoms with Crippen molar-refractivity contribution < 1.29 is 4.74 Å². The van der Waals surface area contributed by atoms with Crippen molar-refractivity contribution in [1.29, 1.82) is 0 Å². The second-order valence-electron chi connectivity index (χ2n) is 6.05. The predicted molar refractivity (Wildman–Crippen MR) is 114 cm³/mol. The Morgan fingerprint density at radius 2 is 1.84 bits per heavy atom. The third-order valence-electron chi connectivity index (χ3n) is 3.53. The molecule has 0 amide bonds. The number of hydrogen-bond donors (Lipinski definition) is 2. The lowest BCUT2D eigenvalue weighted by Gasteiger charge is -2.12. The zero-order valence-electron chi connectivity index (χ0n) is 15.0. The summed E-state index contributed by atoms with van der Waals surface area (Å²) in [6.45, 7) is 7.03. The summed E-state index contributed by atoms with van der Waals surface area (Å²) in [7, 11) is 0. The Balaban J connectivity index is 1.64. The van der Waals surface area contributed by atoms with Crippen molar-refractivity contribution in [3.8, 4) is 5.75 Å². The maximum atomic E-state index is 5.63. The van der Waals surface area contributed by atoms with E-state index in [2.05, 4.69) is 41.8 Å². The largest absolute Gasteiger partial charge is 0.491 e. The van der Waals surface area contributed by atoms with Crippen LogP contribution in [-0.4, -0.2) is 23.5 Å². The van der Waals surface area contributed by atoms with E-state index in [9.17, 15) is 0 Å². The molecule has 2 aromatic carbocycles. The molecule has 0 aliphatic carbocycles. The zero-order valence-corrected chi connectivity index (χ0v) is 16.7. The van der Waals surface area contributed by atoms with E-state index < -0.39 is 0 Å². The zero-order chi connectivity index (χ0) is 18.1. The molecule has 0 saturated carbocycles. The summed E-state index contributed by atoms with van der Waals surface area (Å²) < 4.78 is 5.63. The van der Waals surface area contributed by atoms with Gasteiger partial charge in [-0.3, -0.25) is 0 Å². The predicted octanol–water partition coefficient (Wildman–Crippen LogP) is 5.00. The first-order valence-corrected chi connectivity index (χ1v) is 10.0. The summed E-state index contributed by atoms with van der Waals surface area (Å²) in [4.78, 5) is 0. The molecule has 0 spiro atoms. The van der Waals surface area contributed by atoms with E-state index in [1.165, 1.54) is 11.1 Å². The van der Waals surface area contributed by atoms with Crippen LogP contribution in [0.25, 0.3) is 0 Å². The van der Waals surface area contributed by atoms with Gasteiger partial charge >= 0.3 is 0 Å². The van der Waals surface area contributed by atoms with E-state index in [1.807, 2.05) is 49.9 Å². The van der Waals surface area contributed by atoms with Gasteiger partial charge in [0.05, 0.1) is 6.10 Å². The quantitative estimate of drug-likeness (QED) is 0.502. The van der Waals surface area contributed by atoms with Crippen LogP contribution in [-0.2, 0) is 5.75 Å². The van der Waals surface area contributed by atoms with Gasteiger partial charge < -0.3 is 15.4 Å². The fourth-order valence-corrected chi connectivity index (χ4v) is 3.41. The second kappa shape index (κ2) is 10.3. The molecule has 0 saturated heterocycles. The van der Waals surface area contributed by atoms with E-state index in [1.54, 1.807) is 0 Å². The number of anilines is 1. The van der Waals surface area contributed by atoms with Gasteiger partial charge in [-0.15, -0.1) is 0 Å². The van der Waals surface area contributed by atoms with Crippen LogP contribution in [0.1, 0.15) is 25.0 Å². The smallest absolute Gasteiger partial charge is 0.170 e. The SMILES string of the molecule is Cc1ccccc1CSCCNC(=S)Nc1ccc(OC(C)C)cc1. The van der Waals surface area contributed by atoms with Crippen molar-refractivity contribution in [2.75, 3.05) is 17.6 Å². The number of thiocarbonyl (C=S) groups is 1. The topological polar surface area (TPSA) is 33.3 Å². The summed E-state index contributed by atoms with van der Waals surface area (Å²) in [6, 6.07) is 16.4. The summed E-state index contributed by atoms with van der Waals surface area (Å²) in [5.41, 5.74) is 3.71. The number of rotatable bonds is 8. The monoisotopic (exact) mass is 374 g/mol. The molecule has 0 atom stereocenters. The third kappa shape index (κ3) is 7.36. The molecule has 0 aromatic heterocycles. The van der Waals surface area contributed by atoms with Crippen LogP contribution < -0.4 is 15.4 Å². The van der Waals surface area contributed by atoms with E-state index in [0.717, 1.165) is 29.5 Å². The average molecular weight is 375 g/mol. The van der Waals surface area contributed by atoms with Gasteiger partial charge in [0.1, 0.15) is 5.75 Å². The molecule has 0 fully saturated rings. The van der Waals surface area contributed by atoms with Crippen molar-refractivity contribution in [3.63, 3.8) is 0 Å². The van der Waals surface area contributed by atoms with Crippen LogP contribution in [0.3, 0.4) is 0 Å². The van der Waals surface area contributed by atoms with Crippen LogP contribution in [0.4, 0.5) is 5.69 Å². The summed E-state index contributed by atoms with van der Waals surface area (Å²) >= 11 is 7.25. The first-order valence-electron chi connectivity index (χ1n) is 8.48. The lowest BCUT2D eigenvalue weighted by molar-refractivity contribution is 0.242. The number of hydrogen-bond acceptors (Lipinski definition) is 3. The molecule has 2 aromatic rings. The highest BCUT2D eigenvalue weighted by molar-refractivity contribution is 7.98. The molecule has 5 heteroatoms. The van der Waals surface area contributed by atoms with Gasteiger partial charge in [0.2, 0.25) is 0 Å². The van der Waals surface area contributed by atoms with Crippen LogP contribution in [0, 0.1) is 6.92 Å². The van der Waals surface area contributed by atoms with Gasteiger partial charge in [0.15, 0.2) is 5.11 Å². The molecular formula is C20H26N2OS2. The van der Waals surface area contributed by atoms with Crippen molar-refractivity contribution in [1.82, 2.24) is 5.32 Å². The van der Waals surface area contributed by atoms with Gasteiger partial charge in [-0.05, 0) is 68.4 Å². The van der Waals surface area contributed by atoms with E-state index in [0.29, 0.717) is 5.11 Å². The minimum Gasteiger partial charge on any atom is -0.491 e. The van der Waals surface area contributed by atoms with Gasteiger partial charge in [-0.1, -0.05) is 24.3 Å². The summed E-state index contributed by atoms with van der Waals surface area (Å²) in [5.74, 6) is 2.91. The van der Waals surface area contributed by atoms with Gasteiger partial charge in [-0.2, -0.15) is 11.8 Å². The first-order chi connectivity index (χ1) is 12.0. The molecule has 0 aliphatic heterocycles. The Hall–Kier alpha value is -1.72. The average Bonchev–Trinajstić information content (AvgIpc) is 2.57. The fourth-order valence-electron chi connectivity index (χ4n) is 2.26. The Morgan fingerprint density at radius 1 is 1.12 bits per heavy atom. The number of nitrogens with one attached hydrogen (secondary N) is 2. The molecule has 2 N–H and O–H groups in total. The number of ether oxygens (including phenoxy) is 1. The molecule has 3 nitrogen and oxygen atoms in total. The number of benzene rings is 2. The van der Waals surface area contributed by atoms with E-state index >= 15 is 0 Å². The molecule has 0 heterocycles. The minimum atomic E-state index is 0.179. The van der Waals surface area contributed by atoms with Crippen molar-refractivity contribution >= 4 is 34.8 Å². The Bertz CT molecular complexity index is 672. The molecule has 0 unspecified atom stereocenters. The lowest BCUT2D eigenvalue weighted by atomic mass is 10.1. The lowest BCUT2D eigenvalue weighted by Crippen LogP contribution is -2.30. The fraction of sp³-hybridized carbons (Fsp3) is 0.350. The maximum absolute atomic E-state index is 5.63. The van der Waals surface area contributed by atoms with Crippen LogP contribution in [0.2, 0.25) is 0 Å². The Kier molecular flexibility index (Phi) is 8.09. The van der Waals surface area contributed by atoms with Crippen molar-refractivity contribution in [2.24, 2.45) is 0 Å². The van der Waals surface area contributed by atoms with Gasteiger partial charge in [-0.25, -0.2) is 0 Å². The highest BCUT2D eigenvalue weighted by atomic mass is 32.2. The molecular weight excluding hydrogens is 348 g/mol. The normalized spacial score (nSPS) is 10.6. The maximum Gasteiger partial charge on any atom is 0.170 e. The van der Waals surface area contributed by atoms with Crippen LogP contribution in [0.5, 0.6) is 5.75 Å². The van der Waals surface area contributed by atoms with Crippen LogP contribution >= 0.6 is 24.0 Å². The highest BCUT2D eigenvalue weighted by Crippen LogP contribution is 2.17. The Morgan fingerprint density at radius 3 is 2.52 bits per heavy atom. The second-order valence-corrected chi connectivity index (χ2v) is 7.56. The third-order valence-corrected chi connectivity index (χ3v) is 4.79. The molecule has 0 bridgehead atoms. The van der Waals surface area contributed by atoms with E-state index in [-0.39, 0.29) is 6.10 Å². The molecule has 134 valence electrons. The number of thioether (sulfide) groups is 1. The molecule has 0 radical (unpaired) electrons. The summed E-state index contributed by atoms with van der Waals surface area (Å²) in [5, 5.41) is 7.09. The van der Waals surface area contributed by atoms with Gasteiger partial charge in [0.25, 0.3) is 0 Å². The Labute approximate surface area is 160 Å². The van der Waals surface area contributed by atoms with Gasteiger partial charge in [0, 0.05) is 23.7 Å². The summed E-state index contributed by atoms with van der Waals surface area (Å²) in [6.07, 6.45) is 0.179. The van der Waals surface area contributed by atoms with Crippen molar-refractivity contribution in [2.45, 2.75) is 32.6 Å². The first kappa shape index (κ1) is 19.6. The number of aryl methyl sites for hydroxylation is 1.